The summed E-state index contributed by atoms with van der Waals surface area (Å²) in [7, 11) is 0. The fraction of sp³-hybridized carbons (Fsp3) is 0.929. The standard InChI is InChI=1S/C14H26BrNO/c1-14(2,10-15)11-16-13(17)9-8-12-6-4-3-5-7-12/h12H,3-11H2,1-2H3,(H,16,17). The highest BCUT2D eigenvalue weighted by Gasteiger charge is 2.18. The zero-order valence-electron chi connectivity index (χ0n) is 11.2. The molecule has 1 saturated carbocycles. The van der Waals surface area contributed by atoms with Crippen LogP contribution in [0.2, 0.25) is 0 Å². The van der Waals surface area contributed by atoms with Gasteiger partial charge in [0.05, 0.1) is 0 Å². The van der Waals surface area contributed by atoms with Gasteiger partial charge in [-0.3, -0.25) is 4.79 Å². The second-order valence-electron chi connectivity index (χ2n) is 6.12. The van der Waals surface area contributed by atoms with E-state index in [1.54, 1.807) is 0 Å². The number of halogens is 1. The van der Waals surface area contributed by atoms with Crippen molar-refractivity contribution in [2.45, 2.75) is 58.8 Å². The molecular formula is C14H26BrNO. The van der Waals surface area contributed by atoms with Crippen LogP contribution in [0.15, 0.2) is 0 Å². The molecular weight excluding hydrogens is 278 g/mol. The molecule has 1 rings (SSSR count). The zero-order chi connectivity index (χ0) is 12.7. The molecule has 2 nitrogen and oxygen atoms in total. The first kappa shape index (κ1) is 15.0. The summed E-state index contributed by atoms with van der Waals surface area (Å²) in [5, 5.41) is 3.96. The van der Waals surface area contributed by atoms with Crippen molar-refractivity contribution in [2.75, 3.05) is 11.9 Å². The van der Waals surface area contributed by atoms with Crippen molar-refractivity contribution in [3.63, 3.8) is 0 Å². The van der Waals surface area contributed by atoms with Gasteiger partial charge >= 0.3 is 0 Å². The summed E-state index contributed by atoms with van der Waals surface area (Å²) in [4.78, 5) is 11.7. The number of carbonyl (C=O) groups excluding carboxylic acids is 1. The minimum Gasteiger partial charge on any atom is -0.356 e. The van der Waals surface area contributed by atoms with Crippen molar-refractivity contribution in [3.05, 3.63) is 0 Å². The predicted octanol–water partition coefficient (Wildman–Crippen LogP) is 3.88. The lowest BCUT2D eigenvalue weighted by Crippen LogP contribution is -2.35. The van der Waals surface area contributed by atoms with Crippen LogP contribution in [0.3, 0.4) is 0 Å². The smallest absolute Gasteiger partial charge is 0.220 e. The minimum absolute atomic E-state index is 0.153. The molecule has 0 spiro atoms. The molecule has 1 N–H and O–H groups in total. The van der Waals surface area contributed by atoms with Crippen LogP contribution in [0, 0.1) is 11.3 Å². The molecule has 0 aromatic heterocycles. The summed E-state index contributed by atoms with van der Waals surface area (Å²) >= 11 is 3.47. The zero-order valence-corrected chi connectivity index (χ0v) is 12.8. The number of alkyl halides is 1. The quantitative estimate of drug-likeness (QED) is 0.741. The largest absolute Gasteiger partial charge is 0.356 e. The van der Waals surface area contributed by atoms with Gasteiger partial charge in [-0.25, -0.2) is 0 Å². The molecule has 0 heterocycles. The number of hydrogen-bond acceptors (Lipinski definition) is 1. The van der Waals surface area contributed by atoms with Crippen molar-refractivity contribution in [2.24, 2.45) is 11.3 Å². The normalized spacial score (nSPS) is 18.1. The molecule has 1 aliphatic carbocycles. The van der Waals surface area contributed by atoms with Gasteiger partial charge in [-0.15, -0.1) is 0 Å². The third kappa shape index (κ3) is 6.44. The summed E-state index contributed by atoms with van der Waals surface area (Å²) < 4.78 is 0. The lowest BCUT2D eigenvalue weighted by Gasteiger charge is -2.23. The van der Waals surface area contributed by atoms with E-state index in [2.05, 4.69) is 35.1 Å². The van der Waals surface area contributed by atoms with Crippen LogP contribution in [0.4, 0.5) is 0 Å². The van der Waals surface area contributed by atoms with Gasteiger partial charge in [0.2, 0.25) is 5.91 Å². The Morgan fingerprint density at radius 2 is 1.94 bits per heavy atom. The highest BCUT2D eigenvalue weighted by Crippen LogP contribution is 2.27. The minimum atomic E-state index is 0.153. The monoisotopic (exact) mass is 303 g/mol. The van der Waals surface area contributed by atoms with Gasteiger partial charge in [0.25, 0.3) is 0 Å². The summed E-state index contributed by atoms with van der Waals surface area (Å²) in [6.07, 6.45) is 8.58. The highest BCUT2D eigenvalue weighted by molar-refractivity contribution is 9.09. The van der Waals surface area contributed by atoms with E-state index in [0.29, 0.717) is 6.42 Å². The maximum atomic E-state index is 11.7. The van der Waals surface area contributed by atoms with Gasteiger partial charge in [0.1, 0.15) is 0 Å². The van der Waals surface area contributed by atoms with Crippen molar-refractivity contribution < 1.29 is 4.79 Å². The van der Waals surface area contributed by atoms with Crippen LogP contribution in [0.1, 0.15) is 58.8 Å². The second-order valence-corrected chi connectivity index (χ2v) is 6.68. The van der Waals surface area contributed by atoms with Crippen LogP contribution in [0.25, 0.3) is 0 Å². The molecule has 100 valence electrons. The van der Waals surface area contributed by atoms with Crippen LogP contribution in [-0.2, 0) is 4.79 Å². The molecule has 3 heteroatoms. The Hall–Kier alpha value is -0.0500. The summed E-state index contributed by atoms with van der Waals surface area (Å²) in [6, 6.07) is 0. The van der Waals surface area contributed by atoms with Crippen LogP contribution < -0.4 is 5.32 Å². The average molecular weight is 304 g/mol. The van der Waals surface area contributed by atoms with Crippen molar-refractivity contribution in [1.29, 1.82) is 0 Å². The molecule has 1 fully saturated rings. The summed E-state index contributed by atoms with van der Waals surface area (Å²) in [5.41, 5.74) is 0.153. The van der Waals surface area contributed by atoms with Gasteiger partial charge in [0.15, 0.2) is 0 Å². The number of hydrogen-bond donors (Lipinski definition) is 1. The van der Waals surface area contributed by atoms with Crippen LogP contribution >= 0.6 is 15.9 Å². The first-order valence-corrected chi connectivity index (χ1v) is 7.98. The molecule has 0 aliphatic heterocycles. The summed E-state index contributed by atoms with van der Waals surface area (Å²) in [6.45, 7) is 5.08. The Morgan fingerprint density at radius 1 is 1.29 bits per heavy atom. The van der Waals surface area contributed by atoms with E-state index in [0.717, 1.165) is 24.2 Å². The molecule has 0 radical (unpaired) electrons. The van der Waals surface area contributed by atoms with E-state index in [1.165, 1.54) is 32.1 Å². The Balaban J connectivity index is 2.12. The number of amides is 1. The molecule has 0 unspecified atom stereocenters. The first-order chi connectivity index (χ1) is 8.03. The average Bonchev–Trinajstić information content (AvgIpc) is 2.35. The lowest BCUT2D eigenvalue weighted by atomic mass is 9.86. The Kier molecular flexibility index (Phi) is 6.53. The lowest BCUT2D eigenvalue weighted by molar-refractivity contribution is -0.121. The van der Waals surface area contributed by atoms with E-state index < -0.39 is 0 Å². The van der Waals surface area contributed by atoms with E-state index >= 15 is 0 Å². The number of nitrogens with one attached hydrogen (secondary N) is 1. The van der Waals surface area contributed by atoms with E-state index in [4.69, 9.17) is 0 Å². The molecule has 0 saturated heterocycles. The fourth-order valence-corrected chi connectivity index (χ4v) is 2.48. The number of rotatable bonds is 6. The van der Waals surface area contributed by atoms with Gasteiger partial charge in [-0.1, -0.05) is 61.9 Å². The second kappa shape index (κ2) is 7.40. The molecule has 0 aromatic carbocycles. The third-order valence-electron chi connectivity index (χ3n) is 3.63. The van der Waals surface area contributed by atoms with E-state index in [9.17, 15) is 4.79 Å². The highest BCUT2D eigenvalue weighted by atomic mass is 79.9. The maximum Gasteiger partial charge on any atom is 0.220 e. The first-order valence-electron chi connectivity index (χ1n) is 6.86. The fourth-order valence-electron chi connectivity index (χ4n) is 2.28. The maximum absolute atomic E-state index is 11.7. The van der Waals surface area contributed by atoms with Crippen LogP contribution in [-0.4, -0.2) is 17.8 Å². The predicted molar refractivity (Wildman–Crippen MR) is 76.4 cm³/mol. The SMILES string of the molecule is CC(C)(CBr)CNC(=O)CCC1CCCCC1. The molecule has 17 heavy (non-hydrogen) atoms. The van der Waals surface area contributed by atoms with Gasteiger partial charge in [0, 0.05) is 18.3 Å². The topological polar surface area (TPSA) is 29.1 Å². The molecule has 1 aliphatic rings. The van der Waals surface area contributed by atoms with Crippen molar-refractivity contribution >= 4 is 21.8 Å². The molecule has 1 amide bonds. The third-order valence-corrected chi connectivity index (χ3v) is 5.15. The van der Waals surface area contributed by atoms with Gasteiger partial charge in [-0.2, -0.15) is 0 Å². The molecule has 0 aromatic rings. The van der Waals surface area contributed by atoms with E-state index in [1.807, 2.05) is 0 Å². The molecule has 0 atom stereocenters. The van der Waals surface area contributed by atoms with Crippen molar-refractivity contribution in [1.82, 2.24) is 5.32 Å². The van der Waals surface area contributed by atoms with E-state index in [-0.39, 0.29) is 11.3 Å². The van der Waals surface area contributed by atoms with Gasteiger partial charge in [-0.05, 0) is 17.8 Å². The Morgan fingerprint density at radius 3 is 2.53 bits per heavy atom. The van der Waals surface area contributed by atoms with Gasteiger partial charge < -0.3 is 5.32 Å². The molecule has 0 bridgehead atoms. The summed E-state index contributed by atoms with van der Waals surface area (Å²) in [5.74, 6) is 1.03. The van der Waals surface area contributed by atoms with Crippen LogP contribution in [0.5, 0.6) is 0 Å². The number of carbonyl (C=O) groups is 1. The Labute approximate surface area is 114 Å². The Bertz CT molecular complexity index is 234. The van der Waals surface area contributed by atoms with Crippen molar-refractivity contribution in [3.8, 4) is 0 Å².